The molecule has 2 heterocycles. The number of halogens is 1. The monoisotopic (exact) mass is 422 g/mol. The number of rotatable bonds is 7. The maximum Gasteiger partial charge on any atom is 0.169 e. The first-order chi connectivity index (χ1) is 14.3. The number of Topliss-reactive ketones (excluding diaryl/α,β-unsaturated/α-hetero) is 2. The lowest BCUT2D eigenvalue weighted by Gasteiger charge is -2.26. The highest BCUT2D eigenvalue weighted by Gasteiger charge is 2.35. The Morgan fingerprint density at radius 3 is 2.47 bits per heavy atom. The molecule has 1 fully saturated rings. The van der Waals surface area contributed by atoms with E-state index in [1.54, 1.807) is 13.1 Å². The molecule has 0 spiro atoms. The highest BCUT2D eigenvalue weighted by atomic mass is 35.5. The number of hydrogen-bond acceptors (Lipinski definition) is 3. The second-order valence-corrected chi connectivity index (χ2v) is 9.45. The van der Waals surface area contributed by atoms with Crippen LogP contribution in [0.25, 0.3) is 11.0 Å². The van der Waals surface area contributed by atoms with Crippen LogP contribution >= 0.6 is 11.6 Å². The Kier molecular flexibility index (Phi) is 5.54. The van der Waals surface area contributed by atoms with Gasteiger partial charge in [0.25, 0.3) is 0 Å². The third-order valence-corrected chi connectivity index (χ3v) is 6.72. The SMILES string of the molecule is CC(=O)C(C)(C)Cc1c(C(=O)C2CCC2)c2ncccc2n1Cc1ccc(Cl)cc1. The van der Waals surface area contributed by atoms with E-state index in [-0.39, 0.29) is 17.5 Å². The van der Waals surface area contributed by atoms with Crippen molar-refractivity contribution < 1.29 is 9.59 Å². The van der Waals surface area contributed by atoms with Crippen LogP contribution in [0.1, 0.15) is 61.6 Å². The maximum atomic E-state index is 13.5. The summed E-state index contributed by atoms with van der Waals surface area (Å²) in [5.74, 6) is 0.357. The van der Waals surface area contributed by atoms with E-state index in [0.29, 0.717) is 23.6 Å². The van der Waals surface area contributed by atoms with Crippen molar-refractivity contribution in [3.8, 4) is 0 Å². The number of ketones is 2. The van der Waals surface area contributed by atoms with Crippen molar-refractivity contribution >= 4 is 34.2 Å². The highest BCUT2D eigenvalue weighted by molar-refractivity contribution is 6.30. The van der Waals surface area contributed by atoms with Gasteiger partial charge in [-0.3, -0.25) is 14.6 Å². The number of carbonyl (C=O) groups excluding carboxylic acids is 2. The number of hydrogen-bond donors (Lipinski definition) is 0. The molecule has 2 aromatic heterocycles. The first-order valence-electron chi connectivity index (χ1n) is 10.5. The zero-order valence-corrected chi connectivity index (χ0v) is 18.5. The smallest absolute Gasteiger partial charge is 0.169 e. The van der Waals surface area contributed by atoms with Crippen molar-refractivity contribution in [3.63, 3.8) is 0 Å². The summed E-state index contributed by atoms with van der Waals surface area (Å²) < 4.78 is 2.17. The number of fused-ring (bicyclic) bond motifs is 1. The van der Waals surface area contributed by atoms with Gasteiger partial charge in [-0.15, -0.1) is 0 Å². The Labute approximate surface area is 182 Å². The summed E-state index contributed by atoms with van der Waals surface area (Å²) in [6, 6.07) is 11.7. The zero-order valence-electron chi connectivity index (χ0n) is 17.7. The topological polar surface area (TPSA) is 52.0 Å². The van der Waals surface area contributed by atoms with Crippen LogP contribution in [0.4, 0.5) is 0 Å². The normalized spacial score (nSPS) is 14.7. The van der Waals surface area contributed by atoms with E-state index in [0.717, 1.165) is 41.6 Å². The third-order valence-electron chi connectivity index (χ3n) is 6.47. The molecule has 1 aromatic carbocycles. The van der Waals surface area contributed by atoms with Gasteiger partial charge in [-0.1, -0.05) is 44.0 Å². The van der Waals surface area contributed by atoms with E-state index in [2.05, 4.69) is 9.55 Å². The highest BCUT2D eigenvalue weighted by Crippen LogP contribution is 2.37. The van der Waals surface area contributed by atoms with Crippen LogP contribution in [0.15, 0.2) is 42.6 Å². The Balaban J connectivity index is 1.91. The van der Waals surface area contributed by atoms with Gasteiger partial charge in [0.05, 0.1) is 16.6 Å². The van der Waals surface area contributed by atoms with E-state index >= 15 is 0 Å². The van der Waals surface area contributed by atoms with Crippen LogP contribution in [0, 0.1) is 11.3 Å². The summed E-state index contributed by atoms with van der Waals surface area (Å²) in [5.41, 5.74) is 3.82. The Bertz CT molecular complexity index is 1110. The van der Waals surface area contributed by atoms with Crippen LogP contribution in [-0.4, -0.2) is 21.1 Å². The summed E-state index contributed by atoms with van der Waals surface area (Å²) in [5, 5.41) is 0.691. The second-order valence-electron chi connectivity index (χ2n) is 9.01. The van der Waals surface area contributed by atoms with Gasteiger partial charge >= 0.3 is 0 Å². The predicted molar refractivity (Wildman–Crippen MR) is 120 cm³/mol. The van der Waals surface area contributed by atoms with Crippen LogP contribution in [-0.2, 0) is 17.8 Å². The Hall–Kier alpha value is -2.46. The fraction of sp³-hybridized carbons (Fsp3) is 0.400. The standard InChI is InChI=1S/C25H27ClN2O2/c1-16(29)25(2,3)14-21-22(24(30)18-6-4-7-18)23-20(8-5-13-27-23)28(21)15-17-9-11-19(26)12-10-17/h5,8-13,18H,4,6-7,14-15H2,1-3H3. The van der Waals surface area contributed by atoms with Gasteiger partial charge in [0.15, 0.2) is 5.78 Å². The molecule has 0 radical (unpaired) electrons. The van der Waals surface area contributed by atoms with Gasteiger partial charge in [0.2, 0.25) is 0 Å². The molecule has 1 aliphatic carbocycles. The molecular weight excluding hydrogens is 396 g/mol. The molecule has 0 N–H and O–H groups in total. The first-order valence-corrected chi connectivity index (χ1v) is 10.9. The Morgan fingerprint density at radius 2 is 1.87 bits per heavy atom. The molecule has 0 aliphatic heterocycles. The minimum Gasteiger partial charge on any atom is -0.338 e. The van der Waals surface area contributed by atoms with E-state index in [1.165, 1.54) is 0 Å². The van der Waals surface area contributed by atoms with Gasteiger partial charge < -0.3 is 4.57 Å². The fourth-order valence-corrected chi connectivity index (χ4v) is 4.16. The third kappa shape index (κ3) is 3.81. The maximum absolute atomic E-state index is 13.5. The van der Waals surface area contributed by atoms with E-state index in [1.807, 2.05) is 50.2 Å². The molecule has 5 heteroatoms. The summed E-state index contributed by atoms with van der Waals surface area (Å²) in [6.45, 7) is 6.12. The number of aromatic nitrogens is 2. The molecular formula is C25H27ClN2O2. The molecule has 0 atom stereocenters. The summed E-state index contributed by atoms with van der Waals surface area (Å²) in [6.07, 6.45) is 5.21. The molecule has 156 valence electrons. The van der Waals surface area contributed by atoms with Gasteiger partial charge in [-0.25, -0.2) is 0 Å². The minimum atomic E-state index is -0.569. The van der Waals surface area contributed by atoms with Gasteiger partial charge in [0, 0.05) is 41.2 Å². The van der Waals surface area contributed by atoms with Gasteiger partial charge in [-0.2, -0.15) is 0 Å². The van der Waals surface area contributed by atoms with Gasteiger partial charge in [0.1, 0.15) is 5.78 Å². The molecule has 30 heavy (non-hydrogen) atoms. The minimum absolute atomic E-state index is 0.0702. The molecule has 0 unspecified atom stereocenters. The predicted octanol–water partition coefficient (Wildman–Crippen LogP) is 5.88. The number of benzene rings is 1. The average Bonchev–Trinajstić information content (AvgIpc) is 2.95. The summed E-state index contributed by atoms with van der Waals surface area (Å²) in [7, 11) is 0. The summed E-state index contributed by atoms with van der Waals surface area (Å²) in [4.78, 5) is 30.4. The molecule has 0 bridgehead atoms. The average molecular weight is 423 g/mol. The van der Waals surface area contributed by atoms with Crippen LogP contribution in [0.2, 0.25) is 5.02 Å². The van der Waals surface area contributed by atoms with Crippen molar-refractivity contribution in [2.45, 2.75) is 53.0 Å². The molecule has 3 aromatic rings. The fourth-order valence-electron chi connectivity index (χ4n) is 4.04. The van der Waals surface area contributed by atoms with Crippen molar-refractivity contribution in [2.24, 2.45) is 11.3 Å². The Morgan fingerprint density at radius 1 is 1.17 bits per heavy atom. The first kappa shape index (κ1) is 20.8. The van der Waals surface area contributed by atoms with Crippen LogP contribution in [0.3, 0.4) is 0 Å². The summed E-state index contributed by atoms with van der Waals surface area (Å²) >= 11 is 6.07. The molecule has 1 saturated carbocycles. The van der Waals surface area contributed by atoms with E-state index in [4.69, 9.17) is 11.6 Å². The van der Waals surface area contributed by atoms with E-state index < -0.39 is 5.41 Å². The van der Waals surface area contributed by atoms with Crippen LogP contribution < -0.4 is 0 Å². The molecule has 4 rings (SSSR count). The van der Waals surface area contributed by atoms with Crippen molar-refractivity contribution in [2.75, 3.05) is 0 Å². The lowest BCUT2D eigenvalue weighted by atomic mass is 9.77. The van der Waals surface area contributed by atoms with E-state index in [9.17, 15) is 9.59 Å². The van der Waals surface area contributed by atoms with Crippen molar-refractivity contribution in [3.05, 3.63) is 64.4 Å². The largest absolute Gasteiger partial charge is 0.338 e. The number of pyridine rings is 1. The molecule has 0 saturated heterocycles. The van der Waals surface area contributed by atoms with Gasteiger partial charge in [-0.05, 0) is 49.6 Å². The quantitative estimate of drug-likeness (QED) is 0.447. The zero-order chi connectivity index (χ0) is 21.5. The lowest BCUT2D eigenvalue weighted by Crippen LogP contribution is -2.28. The number of nitrogens with zero attached hydrogens (tertiary/aromatic N) is 2. The molecule has 1 aliphatic rings. The lowest BCUT2D eigenvalue weighted by molar-refractivity contribution is -0.124. The molecule has 4 nitrogen and oxygen atoms in total. The van der Waals surface area contributed by atoms with Crippen LogP contribution in [0.5, 0.6) is 0 Å². The number of carbonyl (C=O) groups is 2. The molecule has 0 amide bonds. The van der Waals surface area contributed by atoms with Crippen molar-refractivity contribution in [1.29, 1.82) is 0 Å². The van der Waals surface area contributed by atoms with Crippen molar-refractivity contribution in [1.82, 2.24) is 9.55 Å². The second kappa shape index (κ2) is 7.99.